The minimum atomic E-state index is -2.92. The van der Waals surface area contributed by atoms with Gasteiger partial charge in [0.1, 0.15) is 0 Å². The lowest BCUT2D eigenvalue weighted by Gasteiger charge is -2.09. The average Bonchev–Trinajstić information content (AvgIpc) is 2.50. The van der Waals surface area contributed by atoms with Crippen LogP contribution in [-0.4, -0.2) is 34.7 Å². The molecule has 0 heterocycles. The van der Waals surface area contributed by atoms with E-state index in [9.17, 15) is 19.4 Å². The Bertz CT molecular complexity index is 375. The first-order valence-corrected chi connectivity index (χ1v) is 9.98. The quantitative estimate of drug-likeness (QED) is 0.201. The maximum absolute atomic E-state index is 10.7. The van der Waals surface area contributed by atoms with Gasteiger partial charge in [0.2, 0.25) is 0 Å². The van der Waals surface area contributed by atoms with Crippen LogP contribution >= 0.6 is 8.03 Å². The van der Waals surface area contributed by atoms with Crippen molar-refractivity contribution in [3.05, 3.63) is 24.3 Å². The Morgan fingerprint density at radius 2 is 1.48 bits per heavy atom. The summed E-state index contributed by atoms with van der Waals surface area (Å²) in [5, 5.41) is 10.6. The smallest absolute Gasteiger partial charge is 0.318 e. The third kappa shape index (κ3) is 19.9. The SMILES string of the molecule is CCCCC/C=C\C/C=C\CCCCCCC(C(=O)[O-])[P+](=O)[O-].[Mg].[NH4+]. The number of unbranched alkanes of at least 4 members (excludes halogenated alkanes) is 7. The molecule has 142 valence electrons. The summed E-state index contributed by atoms with van der Waals surface area (Å²) >= 11 is 0. The molecule has 0 saturated carbocycles. The van der Waals surface area contributed by atoms with Crippen molar-refractivity contribution in [2.45, 2.75) is 83.2 Å². The van der Waals surface area contributed by atoms with E-state index in [2.05, 4.69) is 31.2 Å². The molecule has 0 aromatic heterocycles. The summed E-state index contributed by atoms with van der Waals surface area (Å²) in [6.45, 7) is 2.21. The molecule has 0 amide bonds. The van der Waals surface area contributed by atoms with Crippen LogP contribution in [0.2, 0.25) is 0 Å². The van der Waals surface area contributed by atoms with Gasteiger partial charge in [0.05, 0.1) is 5.97 Å². The Labute approximate surface area is 170 Å². The second-order valence-corrected chi connectivity index (χ2v) is 6.98. The van der Waals surface area contributed by atoms with Gasteiger partial charge >= 0.3 is 8.03 Å². The van der Waals surface area contributed by atoms with E-state index in [-0.39, 0.29) is 35.6 Å². The number of rotatable bonds is 15. The highest BCUT2D eigenvalue weighted by Gasteiger charge is 2.21. The molecule has 7 heteroatoms. The molecule has 25 heavy (non-hydrogen) atoms. The molecular formula is C18H34MgNO4P. The molecule has 0 aliphatic rings. The molecule has 5 nitrogen and oxygen atoms in total. The monoisotopic (exact) mass is 383 g/mol. The minimum Gasteiger partial charge on any atom is -0.595 e. The molecule has 2 unspecified atom stereocenters. The molecule has 2 radical (unpaired) electrons. The van der Waals surface area contributed by atoms with E-state index in [4.69, 9.17) is 0 Å². The fourth-order valence-electron chi connectivity index (χ4n) is 2.28. The van der Waals surface area contributed by atoms with Crippen LogP contribution in [-0.2, 0) is 9.36 Å². The third-order valence-electron chi connectivity index (χ3n) is 3.70. The molecule has 0 aliphatic heterocycles. The van der Waals surface area contributed by atoms with Gasteiger partial charge in [0.25, 0.3) is 0 Å². The van der Waals surface area contributed by atoms with Crippen LogP contribution in [0.25, 0.3) is 0 Å². The number of carboxylic acids is 1. The summed E-state index contributed by atoms with van der Waals surface area (Å²) in [4.78, 5) is 21.3. The number of aliphatic carboxylic acids is 1. The number of quaternary nitrogens is 1. The Morgan fingerprint density at radius 3 is 1.96 bits per heavy atom. The summed E-state index contributed by atoms with van der Waals surface area (Å²) < 4.78 is 10.7. The van der Waals surface area contributed by atoms with Gasteiger partial charge in [-0.15, -0.1) is 0 Å². The van der Waals surface area contributed by atoms with Crippen molar-refractivity contribution in [3.8, 4) is 0 Å². The third-order valence-corrected chi connectivity index (χ3v) is 4.68. The molecule has 0 rings (SSSR count). The van der Waals surface area contributed by atoms with Crippen molar-refractivity contribution in [3.63, 3.8) is 0 Å². The molecule has 4 N–H and O–H groups in total. The van der Waals surface area contributed by atoms with Crippen LogP contribution in [0.5, 0.6) is 0 Å². The van der Waals surface area contributed by atoms with Crippen molar-refractivity contribution in [2.75, 3.05) is 0 Å². The zero-order valence-corrected chi connectivity index (χ0v) is 18.3. The Hall–Kier alpha value is -0.264. The van der Waals surface area contributed by atoms with Crippen molar-refractivity contribution in [2.24, 2.45) is 0 Å². The van der Waals surface area contributed by atoms with Gasteiger partial charge in [0, 0.05) is 23.1 Å². The zero-order chi connectivity index (χ0) is 17.3. The molecule has 0 bridgehead atoms. The summed E-state index contributed by atoms with van der Waals surface area (Å²) in [6.07, 6.45) is 19.5. The minimum absolute atomic E-state index is 0. The summed E-state index contributed by atoms with van der Waals surface area (Å²) in [5.41, 5.74) is -1.32. The lowest BCUT2D eigenvalue weighted by Crippen LogP contribution is -2.34. The number of hydrogen-bond donors (Lipinski definition) is 1. The second-order valence-electron chi connectivity index (χ2n) is 5.79. The highest BCUT2D eigenvalue weighted by Crippen LogP contribution is 2.23. The molecule has 0 aromatic carbocycles. The summed E-state index contributed by atoms with van der Waals surface area (Å²) in [6, 6.07) is 0. The normalized spacial score (nSPS) is 12.6. The molecule has 0 aliphatic carbocycles. The Morgan fingerprint density at radius 1 is 0.960 bits per heavy atom. The van der Waals surface area contributed by atoms with Gasteiger partial charge < -0.3 is 20.9 Å². The topological polar surface area (TPSA) is 117 Å². The van der Waals surface area contributed by atoms with E-state index in [0.717, 1.165) is 32.1 Å². The molecule has 0 fully saturated rings. The van der Waals surface area contributed by atoms with Crippen LogP contribution in [0.15, 0.2) is 24.3 Å². The first-order chi connectivity index (χ1) is 11.1. The fourth-order valence-corrected chi connectivity index (χ4v) is 2.85. The number of carbonyl (C=O) groups excluding carboxylic acids is 1. The number of carbonyl (C=O) groups is 1. The van der Waals surface area contributed by atoms with Crippen molar-refractivity contribution >= 4 is 37.1 Å². The van der Waals surface area contributed by atoms with Gasteiger partial charge in [-0.3, -0.25) is 0 Å². The second kappa shape index (κ2) is 21.8. The Balaban J connectivity index is -0.00000242. The van der Waals surface area contributed by atoms with Crippen LogP contribution in [0.1, 0.15) is 77.6 Å². The highest BCUT2D eigenvalue weighted by atomic mass is 31.1. The van der Waals surface area contributed by atoms with E-state index in [1.165, 1.54) is 25.7 Å². The van der Waals surface area contributed by atoms with Crippen LogP contribution < -0.4 is 16.2 Å². The number of carboxylic acid groups (broad SMARTS) is 1. The van der Waals surface area contributed by atoms with Gasteiger partial charge in [0.15, 0.2) is 5.66 Å². The predicted octanol–water partition coefficient (Wildman–Crippen LogP) is 3.63. The lowest BCUT2D eigenvalue weighted by molar-refractivity contribution is -0.306. The molecule has 0 spiro atoms. The van der Waals surface area contributed by atoms with E-state index < -0.39 is 19.7 Å². The van der Waals surface area contributed by atoms with E-state index in [1.54, 1.807) is 0 Å². The summed E-state index contributed by atoms with van der Waals surface area (Å²) in [7, 11) is -2.92. The van der Waals surface area contributed by atoms with Crippen LogP contribution in [0.4, 0.5) is 0 Å². The Kier molecular flexibility index (Phi) is 25.7. The average molecular weight is 384 g/mol. The van der Waals surface area contributed by atoms with Gasteiger partial charge in [-0.25, -0.2) is 0 Å². The van der Waals surface area contributed by atoms with Crippen molar-refractivity contribution in [1.82, 2.24) is 6.15 Å². The van der Waals surface area contributed by atoms with Gasteiger partial charge in [-0.05, 0) is 44.9 Å². The zero-order valence-electron chi connectivity index (χ0n) is 16.0. The molecule has 0 saturated heterocycles. The maximum atomic E-state index is 10.7. The number of hydrogen-bond acceptors (Lipinski definition) is 4. The van der Waals surface area contributed by atoms with Crippen LogP contribution in [0.3, 0.4) is 0 Å². The van der Waals surface area contributed by atoms with E-state index in [0.29, 0.717) is 6.42 Å². The lowest BCUT2D eigenvalue weighted by atomic mass is 10.1. The standard InChI is InChI=1S/C18H31O4P.Mg.H3N/c1-2-3-4-5-6-7-8-9-10-11-12-13-14-15-16-17(18(19)20)23(21)22;;/h6-7,9-10,17H,2-5,8,11-16H2,1H3,(H,19,20);;1H3/b7-6-,10-9-;;. The predicted molar refractivity (Wildman–Crippen MR) is 103 cm³/mol. The largest absolute Gasteiger partial charge is 0.595 e. The summed E-state index contributed by atoms with van der Waals surface area (Å²) in [5.74, 6) is -1.48. The first kappa shape index (κ1) is 29.5. The van der Waals surface area contributed by atoms with E-state index >= 15 is 0 Å². The van der Waals surface area contributed by atoms with Crippen LogP contribution in [0, 0.1) is 0 Å². The highest BCUT2D eigenvalue weighted by molar-refractivity contribution is 7.38. The fraction of sp³-hybridized carbons (Fsp3) is 0.722. The number of allylic oxidation sites excluding steroid dienone is 4. The van der Waals surface area contributed by atoms with Gasteiger partial charge in [-0.2, -0.15) is 0 Å². The van der Waals surface area contributed by atoms with Crippen molar-refractivity contribution < 1.29 is 19.4 Å². The molecular weight excluding hydrogens is 349 g/mol. The maximum Gasteiger partial charge on any atom is 0.318 e. The first-order valence-electron chi connectivity index (χ1n) is 8.74. The van der Waals surface area contributed by atoms with E-state index in [1.807, 2.05) is 0 Å². The van der Waals surface area contributed by atoms with Crippen molar-refractivity contribution in [1.29, 1.82) is 0 Å². The molecule has 0 aromatic rings. The van der Waals surface area contributed by atoms with Gasteiger partial charge in [-0.1, -0.05) is 61.5 Å². The molecule has 2 atom stereocenters.